The normalized spacial score (nSPS) is 13.6. The average molecular weight is 524 g/mol. The van der Waals surface area contributed by atoms with Gasteiger partial charge in [0.2, 0.25) is 0 Å². The van der Waals surface area contributed by atoms with E-state index >= 15 is 0 Å². The Balaban J connectivity index is 0.000000320. The fourth-order valence-corrected chi connectivity index (χ4v) is 4.76. The summed E-state index contributed by atoms with van der Waals surface area (Å²) in [7, 11) is 1.75. The topological polar surface area (TPSA) is 92.8 Å². The standard InChI is InChI=1S/C26H29NO.C8H8O3/c1-25(27,21-13-12-16-22-14-6-3-7-15-22)26(28-2,23-17-8-4-9-18-23)24-19-10-5-11-20-24;9-7(8(10)11)6-4-2-1-3-5-6/h3-12,14-20H,13,21,27H2,1-2H3;1-5,7,9H,(H,10,11). The molecule has 4 aromatic rings. The molecular formula is C34H37NO4. The number of methoxy groups -OCH3 is 1. The van der Waals surface area contributed by atoms with Gasteiger partial charge in [-0.05, 0) is 42.0 Å². The highest BCUT2D eigenvalue weighted by molar-refractivity contribution is 5.73. The van der Waals surface area contributed by atoms with Crippen molar-refractivity contribution < 1.29 is 19.7 Å². The zero-order valence-corrected chi connectivity index (χ0v) is 22.5. The SMILES string of the molecule is COC(c1ccccc1)(c1ccccc1)C(C)(N)CCC=Cc1ccccc1.O=C(O)C(O)c1ccccc1. The van der Waals surface area contributed by atoms with E-state index in [4.69, 9.17) is 20.7 Å². The van der Waals surface area contributed by atoms with Crippen molar-refractivity contribution in [2.75, 3.05) is 7.11 Å². The predicted molar refractivity (Wildman–Crippen MR) is 157 cm³/mol. The molecule has 202 valence electrons. The summed E-state index contributed by atoms with van der Waals surface area (Å²) in [6.45, 7) is 2.09. The minimum atomic E-state index is -1.41. The van der Waals surface area contributed by atoms with Crippen LogP contribution in [0.15, 0.2) is 127 Å². The van der Waals surface area contributed by atoms with Gasteiger partial charge in [-0.25, -0.2) is 4.79 Å². The highest BCUT2D eigenvalue weighted by atomic mass is 16.5. The zero-order valence-electron chi connectivity index (χ0n) is 22.5. The maximum absolute atomic E-state index is 10.2. The number of carboxylic acid groups (broad SMARTS) is 1. The lowest BCUT2D eigenvalue weighted by Gasteiger charge is -2.46. The lowest BCUT2D eigenvalue weighted by Crippen LogP contribution is -2.58. The molecule has 4 aromatic carbocycles. The van der Waals surface area contributed by atoms with E-state index in [1.54, 1.807) is 37.4 Å². The summed E-state index contributed by atoms with van der Waals surface area (Å²) < 4.78 is 6.24. The maximum atomic E-state index is 10.2. The molecule has 0 heterocycles. The summed E-state index contributed by atoms with van der Waals surface area (Å²) in [6, 6.07) is 39.2. The molecule has 39 heavy (non-hydrogen) atoms. The third kappa shape index (κ3) is 7.52. The van der Waals surface area contributed by atoms with Crippen LogP contribution in [0.3, 0.4) is 0 Å². The Labute approximate surface area is 231 Å². The first kappa shape index (κ1) is 29.5. The second-order valence-corrected chi connectivity index (χ2v) is 9.54. The molecule has 0 saturated carbocycles. The molecule has 0 aliphatic rings. The van der Waals surface area contributed by atoms with E-state index in [0.29, 0.717) is 5.56 Å². The Morgan fingerprint density at radius 2 is 1.26 bits per heavy atom. The van der Waals surface area contributed by atoms with Gasteiger partial charge in [-0.1, -0.05) is 133 Å². The molecule has 2 unspecified atom stereocenters. The first-order valence-electron chi connectivity index (χ1n) is 12.9. The van der Waals surface area contributed by atoms with E-state index in [0.717, 1.165) is 24.0 Å². The van der Waals surface area contributed by atoms with Crippen LogP contribution in [0.2, 0.25) is 0 Å². The molecule has 0 spiro atoms. The van der Waals surface area contributed by atoms with Crippen molar-refractivity contribution in [3.05, 3.63) is 150 Å². The highest BCUT2D eigenvalue weighted by Gasteiger charge is 2.48. The molecule has 5 heteroatoms. The summed E-state index contributed by atoms with van der Waals surface area (Å²) in [5, 5.41) is 17.4. The van der Waals surface area contributed by atoms with Crippen LogP contribution in [-0.2, 0) is 15.1 Å². The first-order chi connectivity index (χ1) is 18.8. The number of rotatable bonds is 10. The van der Waals surface area contributed by atoms with E-state index in [-0.39, 0.29) is 0 Å². The van der Waals surface area contributed by atoms with Crippen molar-refractivity contribution >= 4 is 12.0 Å². The van der Waals surface area contributed by atoms with Crippen LogP contribution >= 0.6 is 0 Å². The number of aliphatic hydroxyl groups is 1. The molecule has 5 nitrogen and oxygen atoms in total. The smallest absolute Gasteiger partial charge is 0.337 e. The first-order valence-corrected chi connectivity index (χ1v) is 12.9. The molecule has 0 bridgehead atoms. The van der Waals surface area contributed by atoms with E-state index in [9.17, 15) is 4.79 Å². The van der Waals surface area contributed by atoms with E-state index in [1.807, 2.05) is 54.6 Å². The number of hydrogen-bond donors (Lipinski definition) is 3. The zero-order chi connectivity index (χ0) is 28.1. The Bertz CT molecular complexity index is 1250. The highest BCUT2D eigenvalue weighted by Crippen LogP contribution is 2.43. The third-order valence-electron chi connectivity index (χ3n) is 6.76. The van der Waals surface area contributed by atoms with Gasteiger partial charge in [-0.3, -0.25) is 0 Å². The summed E-state index contributed by atoms with van der Waals surface area (Å²) >= 11 is 0. The van der Waals surface area contributed by atoms with Gasteiger partial charge in [0.05, 0.1) is 5.54 Å². The molecule has 0 aliphatic carbocycles. The van der Waals surface area contributed by atoms with Gasteiger partial charge in [0.25, 0.3) is 0 Å². The van der Waals surface area contributed by atoms with E-state index in [2.05, 4.69) is 55.5 Å². The largest absolute Gasteiger partial charge is 0.479 e. The molecule has 2 atom stereocenters. The van der Waals surface area contributed by atoms with Crippen molar-refractivity contribution in [1.82, 2.24) is 0 Å². The van der Waals surface area contributed by atoms with Crippen LogP contribution in [0.1, 0.15) is 48.1 Å². The van der Waals surface area contributed by atoms with Crippen LogP contribution in [0.25, 0.3) is 6.08 Å². The summed E-state index contributed by atoms with van der Waals surface area (Å²) in [5.41, 5.74) is 9.40. The number of carboxylic acids is 1. The molecule has 0 radical (unpaired) electrons. The predicted octanol–water partition coefficient (Wildman–Crippen LogP) is 6.59. The molecular weight excluding hydrogens is 486 g/mol. The van der Waals surface area contributed by atoms with Crippen LogP contribution in [0, 0.1) is 0 Å². The van der Waals surface area contributed by atoms with Gasteiger partial charge < -0.3 is 20.7 Å². The Kier molecular flexibility index (Phi) is 10.8. The summed E-state index contributed by atoms with van der Waals surface area (Å²) in [5.74, 6) is -1.23. The lowest BCUT2D eigenvalue weighted by atomic mass is 9.70. The molecule has 0 saturated heterocycles. The molecule has 4 N–H and O–H groups in total. The van der Waals surface area contributed by atoms with Crippen molar-refractivity contribution in [2.45, 2.75) is 37.0 Å². The number of aliphatic carboxylic acids is 1. The third-order valence-corrected chi connectivity index (χ3v) is 6.76. The number of ether oxygens (including phenoxy) is 1. The number of benzene rings is 4. The Morgan fingerprint density at radius 3 is 1.69 bits per heavy atom. The van der Waals surface area contributed by atoms with Gasteiger partial charge in [-0.15, -0.1) is 0 Å². The monoisotopic (exact) mass is 523 g/mol. The van der Waals surface area contributed by atoms with Gasteiger partial charge in [0.15, 0.2) is 6.10 Å². The van der Waals surface area contributed by atoms with Crippen molar-refractivity contribution in [3.8, 4) is 0 Å². The molecule has 0 amide bonds. The van der Waals surface area contributed by atoms with Crippen LogP contribution in [0.4, 0.5) is 0 Å². The summed E-state index contributed by atoms with van der Waals surface area (Å²) in [6.07, 6.45) is 4.59. The summed E-state index contributed by atoms with van der Waals surface area (Å²) in [4.78, 5) is 10.2. The number of nitrogens with two attached hydrogens (primary N) is 1. The second kappa shape index (κ2) is 14.2. The fourth-order valence-electron chi connectivity index (χ4n) is 4.76. The van der Waals surface area contributed by atoms with Crippen LogP contribution in [-0.4, -0.2) is 28.8 Å². The average Bonchev–Trinajstić information content (AvgIpc) is 2.98. The number of aliphatic hydroxyl groups excluding tert-OH is 1. The van der Waals surface area contributed by atoms with Gasteiger partial charge >= 0.3 is 5.97 Å². The van der Waals surface area contributed by atoms with Crippen LogP contribution in [0.5, 0.6) is 0 Å². The number of hydrogen-bond acceptors (Lipinski definition) is 4. The Hall–Kier alpha value is -4.03. The van der Waals surface area contributed by atoms with E-state index < -0.39 is 23.2 Å². The van der Waals surface area contributed by atoms with Gasteiger partial charge in [0.1, 0.15) is 5.60 Å². The van der Waals surface area contributed by atoms with Crippen molar-refractivity contribution in [2.24, 2.45) is 5.73 Å². The minimum Gasteiger partial charge on any atom is -0.479 e. The molecule has 0 fully saturated rings. The van der Waals surface area contributed by atoms with Gasteiger partial charge in [0, 0.05) is 7.11 Å². The number of allylic oxidation sites excluding steroid dienone is 1. The molecule has 4 rings (SSSR count). The number of carbonyl (C=O) groups is 1. The molecule has 0 aliphatic heterocycles. The Morgan fingerprint density at radius 1 is 0.821 bits per heavy atom. The van der Waals surface area contributed by atoms with Crippen molar-refractivity contribution in [3.63, 3.8) is 0 Å². The van der Waals surface area contributed by atoms with E-state index in [1.165, 1.54) is 5.56 Å². The molecule has 0 aromatic heterocycles. The van der Waals surface area contributed by atoms with Crippen LogP contribution < -0.4 is 5.73 Å². The maximum Gasteiger partial charge on any atom is 0.337 e. The fraction of sp³-hybridized carbons (Fsp3) is 0.206. The minimum absolute atomic E-state index is 0.403. The second-order valence-electron chi connectivity index (χ2n) is 9.54. The van der Waals surface area contributed by atoms with Gasteiger partial charge in [-0.2, -0.15) is 0 Å². The lowest BCUT2D eigenvalue weighted by molar-refractivity contribution is -0.146. The quantitative estimate of drug-likeness (QED) is 0.218. The van der Waals surface area contributed by atoms with Crippen molar-refractivity contribution in [1.29, 1.82) is 0 Å².